The van der Waals surface area contributed by atoms with Crippen molar-refractivity contribution in [3.05, 3.63) is 76.2 Å². The monoisotopic (exact) mass is 309 g/mol. The Labute approximate surface area is 132 Å². The van der Waals surface area contributed by atoms with Gasteiger partial charge in [0.2, 0.25) is 11.7 Å². The molecule has 116 valence electrons. The fraction of sp³-hybridized carbons (Fsp3) is 0.176. The Bertz CT molecular complexity index is 815. The zero-order valence-electron chi connectivity index (χ0n) is 12.5. The number of nitro groups is 1. The first-order valence-corrected chi connectivity index (χ1v) is 7.32. The molecular weight excluding hydrogens is 294 g/mol. The van der Waals surface area contributed by atoms with Gasteiger partial charge in [-0.05, 0) is 12.0 Å². The highest BCUT2D eigenvalue weighted by Crippen LogP contribution is 2.29. The third kappa shape index (κ3) is 3.11. The van der Waals surface area contributed by atoms with Crippen molar-refractivity contribution >= 4 is 5.69 Å². The maximum atomic E-state index is 10.9. The van der Waals surface area contributed by atoms with Gasteiger partial charge in [-0.3, -0.25) is 10.1 Å². The molecule has 23 heavy (non-hydrogen) atoms. The van der Waals surface area contributed by atoms with Crippen molar-refractivity contribution in [3.8, 4) is 11.4 Å². The number of aromatic nitrogens is 2. The lowest BCUT2D eigenvalue weighted by atomic mass is 9.96. The van der Waals surface area contributed by atoms with Crippen LogP contribution in [0.3, 0.4) is 0 Å². The van der Waals surface area contributed by atoms with Gasteiger partial charge in [0.05, 0.1) is 10.8 Å². The van der Waals surface area contributed by atoms with Crippen molar-refractivity contribution in [3.63, 3.8) is 0 Å². The van der Waals surface area contributed by atoms with E-state index in [9.17, 15) is 10.1 Å². The van der Waals surface area contributed by atoms with Crippen molar-refractivity contribution in [1.82, 2.24) is 10.1 Å². The van der Waals surface area contributed by atoms with E-state index < -0.39 is 4.92 Å². The third-order valence-corrected chi connectivity index (χ3v) is 3.67. The van der Waals surface area contributed by atoms with Crippen LogP contribution >= 0.6 is 0 Å². The summed E-state index contributed by atoms with van der Waals surface area (Å²) in [6.07, 6.45) is 0.820. The highest BCUT2D eigenvalue weighted by molar-refractivity contribution is 5.58. The number of hydrogen-bond donors (Lipinski definition) is 0. The van der Waals surface area contributed by atoms with E-state index in [1.807, 2.05) is 30.3 Å². The summed E-state index contributed by atoms with van der Waals surface area (Å²) < 4.78 is 5.40. The van der Waals surface area contributed by atoms with Gasteiger partial charge in [-0.2, -0.15) is 4.98 Å². The first-order valence-electron chi connectivity index (χ1n) is 7.32. The normalized spacial score (nSPS) is 12.0. The first kappa shape index (κ1) is 14.9. The Morgan fingerprint density at radius 1 is 1.17 bits per heavy atom. The van der Waals surface area contributed by atoms with Crippen LogP contribution in [-0.4, -0.2) is 15.1 Å². The summed E-state index contributed by atoms with van der Waals surface area (Å²) in [7, 11) is 0. The largest absolute Gasteiger partial charge is 0.338 e. The molecule has 6 nitrogen and oxygen atoms in total. The average Bonchev–Trinajstić information content (AvgIpc) is 3.06. The molecule has 0 aliphatic carbocycles. The summed E-state index contributed by atoms with van der Waals surface area (Å²) in [6, 6.07) is 16.1. The molecule has 3 rings (SSSR count). The second-order valence-corrected chi connectivity index (χ2v) is 5.14. The standard InChI is InChI=1S/C17H15N3O3/c1-2-15(12-7-4-3-5-8-12)17-18-16(19-23-17)13-9-6-10-14(11-13)20(21)22/h3-11,15H,2H2,1H3. The predicted octanol–water partition coefficient (Wildman–Crippen LogP) is 4.19. The maximum Gasteiger partial charge on any atom is 0.270 e. The summed E-state index contributed by atoms with van der Waals surface area (Å²) in [6.45, 7) is 2.05. The van der Waals surface area contributed by atoms with E-state index in [1.54, 1.807) is 12.1 Å². The van der Waals surface area contributed by atoms with E-state index in [2.05, 4.69) is 17.1 Å². The Hall–Kier alpha value is -3.02. The molecule has 2 aromatic carbocycles. The molecule has 3 aromatic rings. The molecule has 6 heteroatoms. The smallest absolute Gasteiger partial charge is 0.270 e. The second-order valence-electron chi connectivity index (χ2n) is 5.14. The zero-order valence-corrected chi connectivity index (χ0v) is 12.5. The minimum absolute atomic E-state index is 0.00366. The van der Waals surface area contributed by atoms with E-state index >= 15 is 0 Å². The fourth-order valence-corrected chi connectivity index (χ4v) is 2.49. The minimum atomic E-state index is -0.441. The van der Waals surface area contributed by atoms with Gasteiger partial charge in [0, 0.05) is 17.7 Å². The Kier molecular flexibility index (Phi) is 4.14. The van der Waals surface area contributed by atoms with Gasteiger partial charge in [-0.15, -0.1) is 0 Å². The number of rotatable bonds is 5. The average molecular weight is 309 g/mol. The van der Waals surface area contributed by atoms with E-state index in [4.69, 9.17) is 4.52 Å². The molecule has 0 aliphatic rings. The second kappa shape index (κ2) is 6.39. The quantitative estimate of drug-likeness (QED) is 0.521. The van der Waals surface area contributed by atoms with E-state index in [0.29, 0.717) is 17.3 Å². The molecule has 1 heterocycles. The molecule has 0 N–H and O–H groups in total. The van der Waals surface area contributed by atoms with Crippen LogP contribution in [0, 0.1) is 10.1 Å². The van der Waals surface area contributed by atoms with Gasteiger partial charge < -0.3 is 4.52 Å². The molecule has 0 saturated carbocycles. The molecule has 0 amide bonds. The lowest BCUT2D eigenvalue weighted by molar-refractivity contribution is -0.384. The topological polar surface area (TPSA) is 82.1 Å². The van der Waals surface area contributed by atoms with Crippen LogP contribution < -0.4 is 0 Å². The summed E-state index contributed by atoms with van der Waals surface area (Å²) in [5.74, 6) is 0.884. The Morgan fingerprint density at radius 2 is 1.96 bits per heavy atom. The Balaban J connectivity index is 1.94. The van der Waals surface area contributed by atoms with Crippen molar-refractivity contribution in [2.75, 3.05) is 0 Å². The summed E-state index contributed by atoms with van der Waals surface area (Å²) >= 11 is 0. The van der Waals surface area contributed by atoms with Gasteiger partial charge in [-0.25, -0.2) is 0 Å². The first-order chi connectivity index (χ1) is 11.2. The van der Waals surface area contributed by atoms with Crippen molar-refractivity contribution in [2.45, 2.75) is 19.3 Å². The predicted molar refractivity (Wildman–Crippen MR) is 85.0 cm³/mol. The third-order valence-electron chi connectivity index (χ3n) is 3.67. The summed E-state index contributed by atoms with van der Waals surface area (Å²) in [5, 5.41) is 14.8. The fourth-order valence-electron chi connectivity index (χ4n) is 2.49. The van der Waals surface area contributed by atoms with Crippen LogP contribution in [0.25, 0.3) is 11.4 Å². The SMILES string of the molecule is CCC(c1ccccc1)c1nc(-c2cccc([N+](=O)[O-])c2)no1. The molecule has 0 saturated heterocycles. The van der Waals surface area contributed by atoms with Gasteiger partial charge in [0.25, 0.3) is 5.69 Å². The van der Waals surface area contributed by atoms with Crippen LogP contribution in [-0.2, 0) is 0 Å². The molecule has 1 aromatic heterocycles. The number of benzene rings is 2. The maximum absolute atomic E-state index is 10.9. The van der Waals surface area contributed by atoms with Gasteiger partial charge in [0.1, 0.15) is 0 Å². The van der Waals surface area contributed by atoms with Crippen molar-refractivity contribution in [1.29, 1.82) is 0 Å². The van der Waals surface area contributed by atoms with Crippen LogP contribution in [0.4, 0.5) is 5.69 Å². The molecular formula is C17H15N3O3. The van der Waals surface area contributed by atoms with E-state index in [-0.39, 0.29) is 11.6 Å². The van der Waals surface area contributed by atoms with Crippen LogP contribution in [0.2, 0.25) is 0 Å². The van der Waals surface area contributed by atoms with Gasteiger partial charge in [0.15, 0.2) is 0 Å². The molecule has 0 radical (unpaired) electrons. The van der Waals surface area contributed by atoms with Gasteiger partial charge in [-0.1, -0.05) is 54.5 Å². The number of nitro benzene ring substituents is 1. The van der Waals surface area contributed by atoms with E-state index in [1.165, 1.54) is 12.1 Å². The van der Waals surface area contributed by atoms with Crippen LogP contribution in [0.1, 0.15) is 30.7 Å². The zero-order chi connectivity index (χ0) is 16.2. The Morgan fingerprint density at radius 3 is 2.65 bits per heavy atom. The highest BCUT2D eigenvalue weighted by atomic mass is 16.6. The van der Waals surface area contributed by atoms with Gasteiger partial charge >= 0.3 is 0 Å². The molecule has 1 unspecified atom stereocenters. The molecule has 0 fully saturated rings. The van der Waals surface area contributed by atoms with E-state index in [0.717, 1.165) is 12.0 Å². The van der Waals surface area contributed by atoms with Crippen LogP contribution in [0.5, 0.6) is 0 Å². The summed E-state index contributed by atoms with van der Waals surface area (Å²) in [5.41, 5.74) is 1.67. The van der Waals surface area contributed by atoms with Crippen molar-refractivity contribution < 1.29 is 9.45 Å². The lowest BCUT2D eigenvalue weighted by Crippen LogP contribution is -1.99. The number of non-ortho nitro benzene ring substituents is 1. The lowest BCUT2D eigenvalue weighted by Gasteiger charge is -2.09. The summed E-state index contributed by atoms with van der Waals surface area (Å²) in [4.78, 5) is 14.9. The minimum Gasteiger partial charge on any atom is -0.338 e. The number of hydrogen-bond acceptors (Lipinski definition) is 5. The van der Waals surface area contributed by atoms with Crippen molar-refractivity contribution in [2.24, 2.45) is 0 Å². The molecule has 0 bridgehead atoms. The molecule has 0 aliphatic heterocycles. The number of nitrogens with zero attached hydrogens (tertiary/aromatic N) is 3. The van der Waals surface area contributed by atoms with Crippen LogP contribution in [0.15, 0.2) is 59.1 Å². The highest BCUT2D eigenvalue weighted by Gasteiger charge is 2.20. The molecule has 0 spiro atoms. The molecule has 1 atom stereocenters.